The van der Waals surface area contributed by atoms with E-state index in [9.17, 15) is 23.1 Å². The van der Waals surface area contributed by atoms with Crippen molar-refractivity contribution < 1.29 is 23.1 Å². The number of nitrogens with zero attached hydrogens (tertiary/aromatic N) is 2. The molecule has 0 unspecified atom stereocenters. The molecule has 130 valence electrons. The highest BCUT2D eigenvalue weighted by atomic mass is 19.4. The fraction of sp³-hybridized carbons (Fsp3) is 0.529. The molecule has 0 radical (unpaired) electrons. The van der Waals surface area contributed by atoms with Crippen molar-refractivity contribution in [3.05, 3.63) is 35.4 Å². The van der Waals surface area contributed by atoms with E-state index >= 15 is 0 Å². The lowest BCUT2D eigenvalue weighted by atomic mass is 9.87. The molecule has 1 aliphatic heterocycles. The molecular formula is C17H19F3N2O2. The molecule has 7 heteroatoms. The Morgan fingerprint density at radius 2 is 2.00 bits per heavy atom. The molecule has 0 aromatic heterocycles. The lowest BCUT2D eigenvalue weighted by molar-refractivity contribution is -0.312. The molecule has 1 saturated carbocycles. The van der Waals surface area contributed by atoms with Crippen LogP contribution in [0.3, 0.4) is 0 Å². The third-order valence-corrected chi connectivity index (χ3v) is 4.85. The van der Waals surface area contributed by atoms with E-state index in [1.807, 2.05) is 0 Å². The van der Waals surface area contributed by atoms with Gasteiger partial charge in [0.15, 0.2) is 0 Å². The minimum Gasteiger partial charge on any atom is -0.362 e. The van der Waals surface area contributed by atoms with Crippen molar-refractivity contribution >= 4 is 11.6 Å². The molecule has 0 spiro atoms. The van der Waals surface area contributed by atoms with Crippen LogP contribution in [-0.4, -0.2) is 33.6 Å². The van der Waals surface area contributed by atoms with Crippen LogP contribution >= 0.6 is 0 Å². The number of alkyl halides is 3. The van der Waals surface area contributed by atoms with Crippen molar-refractivity contribution in [2.45, 2.75) is 50.9 Å². The maximum absolute atomic E-state index is 13.8. The number of hydrazone groups is 1. The molecule has 1 fully saturated rings. The number of aryl methyl sites for hydroxylation is 1. The molecule has 2 aliphatic rings. The zero-order valence-corrected chi connectivity index (χ0v) is 13.3. The summed E-state index contributed by atoms with van der Waals surface area (Å²) >= 11 is 0. The van der Waals surface area contributed by atoms with Crippen molar-refractivity contribution in [2.75, 3.05) is 0 Å². The summed E-state index contributed by atoms with van der Waals surface area (Å²) in [5.74, 6) is -2.11. The van der Waals surface area contributed by atoms with Crippen LogP contribution in [0, 0.1) is 12.8 Å². The number of fused-ring (bicyclic) bond motifs is 1. The Bertz CT molecular complexity index is 687. The molecule has 0 bridgehead atoms. The first-order valence-corrected chi connectivity index (χ1v) is 8.03. The van der Waals surface area contributed by atoms with Gasteiger partial charge in [-0.15, -0.1) is 0 Å². The van der Waals surface area contributed by atoms with Crippen LogP contribution in [0.1, 0.15) is 48.0 Å². The van der Waals surface area contributed by atoms with Crippen LogP contribution in [0.4, 0.5) is 13.2 Å². The molecule has 0 saturated heterocycles. The molecule has 4 nitrogen and oxygen atoms in total. The van der Waals surface area contributed by atoms with Crippen molar-refractivity contribution in [3.63, 3.8) is 0 Å². The fourth-order valence-electron chi connectivity index (χ4n) is 3.52. The van der Waals surface area contributed by atoms with Gasteiger partial charge < -0.3 is 5.11 Å². The van der Waals surface area contributed by atoms with E-state index in [4.69, 9.17) is 0 Å². The number of halogens is 3. The van der Waals surface area contributed by atoms with Crippen molar-refractivity contribution in [2.24, 2.45) is 11.0 Å². The summed E-state index contributed by atoms with van der Waals surface area (Å²) in [5.41, 5.74) is -2.35. The highest BCUT2D eigenvalue weighted by molar-refractivity contribution is 6.00. The molecule has 1 N–H and O–H groups in total. The van der Waals surface area contributed by atoms with Gasteiger partial charge in [-0.1, -0.05) is 31.0 Å². The van der Waals surface area contributed by atoms with Gasteiger partial charge in [0.25, 0.3) is 11.6 Å². The van der Waals surface area contributed by atoms with Gasteiger partial charge in [0.05, 0.1) is 5.92 Å². The largest absolute Gasteiger partial charge is 0.439 e. The number of hydrogen-bond acceptors (Lipinski definition) is 3. The van der Waals surface area contributed by atoms with E-state index < -0.39 is 23.7 Å². The molecule has 1 aromatic carbocycles. The van der Waals surface area contributed by atoms with Crippen molar-refractivity contribution in [3.8, 4) is 0 Å². The van der Waals surface area contributed by atoms with E-state index in [1.54, 1.807) is 25.1 Å². The Labute approximate surface area is 138 Å². The minimum absolute atomic E-state index is 0.112. The van der Waals surface area contributed by atoms with Crippen LogP contribution < -0.4 is 0 Å². The Balaban J connectivity index is 2.07. The smallest absolute Gasteiger partial charge is 0.362 e. The van der Waals surface area contributed by atoms with E-state index in [1.165, 1.54) is 6.07 Å². The van der Waals surface area contributed by atoms with Gasteiger partial charge in [-0.05, 0) is 37.8 Å². The Morgan fingerprint density at radius 1 is 1.29 bits per heavy atom. The number of amides is 1. The highest BCUT2D eigenvalue weighted by Gasteiger charge is 2.68. The zero-order chi connectivity index (χ0) is 17.5. The van der Waals surface area contributed by atoms with E-state index in [0.29, 0.717) is 18.4 Å². The molecule has 1 heterocycles. The van der Waals surface area contributed by atoms with Crippen LogP contribution in [-0.2, 0) is 0 Å². The topological polar surface area (TPSA) is 52.9 Å². The van der Waals surface area contributed by atoms with Gasteiger partial charge in [-0.25, -0.2) is 0 Å². The number of carbonyl (C=O) groups is 1. The van der Waals surface area contributed by atoms with Crippen LogP contribution in [0.15, 0.2) is 29.4 Å². The second kappa shape index (κ2) is 5.88. The maximum atomic E-state index is 13.8. The third kappa shape index (κ3) is 2.51. The second-order valence-electron chi connectivity index (χ2n) is 6.40. The Hall–Kier alpha value is -1.89. The highest BCUT2D eigenvalue weighted by Crippen LogP contribution is 2.48. The predicted octanol–water partition coefficient (Wildman–Crippen LogP) is 3.64. The first-order valence-electron chi connectivity index (χ1n) is 8.03. The first-order chi connectivity index (χ1) is 11.3. The molecule has 2 atom stereocenters. The number of aliphatic hydroxyl groups is 1. The summed E-state index contributed by atoms with van der Waals surface area (Å²) in [4.78, 5) is 12.7. The van der Waals surface area contributed by atoms with Gasteiger partial charge >= 0.3 is 6.18 Å². The maximum Gasteiger partial charge on any atom is 0.439 e. The predicted molar refractivity (Wildman–Crippen MR) is 82.4 cm³/mol. The first kappa shape index (κ1) is 17.0. The second-order valence-corrected chi connectivity index (χ2v) is 6.40. The summed E-state index contributed by atoms with van der Waals surface area (Å²) in [6.07, 6.45) is -2.34. The fourth-order valence-corrected chi connectivity index (χ4v) is 3.52. The van der Waals surface area contributed by atoms with E-state index in [0.717, 1.165) is 12.8 Å². The molecule has 1 aromatic rings. The lowest BCUT2D eigenvalue weighted by Crippen LogP contribution is -2.61. The van der Waals surface area contributed by atoms with Crippen LogP contribution in [0.25, 0.3) is 0 Å². The summed E-state index contributed by atoms with van der Waals surface area (Å²) < 4.78 is 41.3. The normalized spacial score (nSPS) is 27.5. The van der Waals surface area contributed by atoms with Gasteiger partial charge in [0.2, 0.25) is 0 Å². The average Bonchev–Trinajstić information content (AvgIpc) is 2.68. The van der Waals surface area contributed by atoms with E-state index in [-0.39, 0.29) is 22.7 Å². The summed E-state index contributed by atoms with van der Waals surface area (Å²) in [6.45, 7) is 1.64. The summed E-state index contributed by atoms with van der Waals surface area (Å²) in [7, 11) is 0. The summed E-state index contributed by atoms with van der Waals surface area (Å²) in [6, 6.07) is 6.36. The summed E-state index contributed by atoms with van der Waals surface area (Å²) in [5, 5.41) is 14.8. The van der Waals surface area contributed by atoms with E-state index in [2.05, 4.69) is 5.10 Å². The third-order valence-electron chi connectivity index (χ3n) is 4.85. The monoisotopic (exact) mass is 340 g/mol. The Morgan fingerprint density at radius 3 is 2.67 bits per heavy atom. The molecular weight excluding hydrogens is 321 g/mol. The quantitative estimate of drug-likeness (QED) is 0.849. The van der Waals surface area contributed by atoms with Crippen LogP contribution in [0.2, 0.25) is 0 Å². The zero-order valence-electron chi connectivity index (χ0n) is 13.3. The van der Waals surface area contributed by atoms with Gasteiger partial charge in [-0.2, -0.15) is 23.3 Å². The van der Waals surface area contributed by atoms with Gasteiger partial charge in [-0.3, -0.25) is 4.79 Å². The van der Waals surface area contributed by atoms with Crippen molar-refractivity contribution in [1.82, 2.24) is 5.01 Å². The number of benzene rings is 1. The standard InChI is InChI=1S/C17H19F3N2O2/c1-11-7-5-6-8-12(11)15(23)22-16(24,17(18,19)20)13-9-3-2-4-10-14(13)21-22/h5-8,13,24H,2-4,9-10H2,1H3/t13-,16+/m1/s1. The SMILES string of the molecule is Cc1ccccc1C(=O)N1N=C2CCCCC[C@H]2[C@]1(O)C(F)(F)F. The lowest BCUT2D eigenvalue weighted by Gasteiger charge is -2.37. The molecule has 1 aliphatic carbocycles. The number of rotatable bonds is 1. The van der Waals surface area contributed by atoms with Crippen molar-refractivity contribution in [1.29, 1.82) is 0 Å². The minimum atomic E-state index is -4.98. The van der Waals surface area contributed by atoms with Gasteiger partial charge in [0.1, 0.15) is 0 Å². The average molecular weight is 340 g/mol. The van der Waals surface area contributed by atoms with Crippen LogP contribution in [0.5, 0.6) is 0 Å². The number of hydrogen-bond donors (Lipinski definition) is 1. The number of carbonyl (C=O) groups excluding carboxylic acids is 1. The molecule has 1 amide bonds. The van der Waals surface area contributed by atoms with Gasteiger partial charge in [0, 0.05) is 11.3 Å². The molecule has 24 heavy (non-hydrogen) atoms. The Kier molecular flexibility index (Phi) is 4.15. The molecule has 3 rings (SSSR count).